The van der Waals surface area contributed by atoms with Gasteiger partial charge in [-0.2, -0.15) is 5.26 Å². The van der Waals surface area contributed by atoms with E-state index in [1.165, 1.54) is 0 Å². The Morgan fingerprint density at radius 1 is 1.19 bits per heavy atom. The maximum Gasteiger partial charge on any atom is 0.371 e. The van der Waals surface area contributed by atoms with Crippen LogP contribution in [0.1, 0.15) is 46.5 Å². The van der Waals surface area contributed by atoms with Gasteiger partial charge in [0.1, 0.15) is 0 Å². The van der Waals surface area contributed by atoms with Crippen LogP contribution in [0.3, 0.4) is 0 Å². The lowest BCUT2D eigenvalue weighted by Gasteiger charge is -2.23. The van der Waals surface area contributed by atoms with Crippen molar-refractivity contribution in [3.63, 3.8) is 0 Å². The van der Waals surface area contributed by atoms with E-state index in [2.05, 4.69) is 6.92 Å². The van der Waals surface area contributed by atoms with Gasteiger partial charge < -0.3 is 4.52 Å². The first-order chi connectivity index (χ1) is 7.64. The summed E-state index contributed by atoms with van der Waals surface area (Å²) in [4.78, 5) is 0. The van der Waals surface area contributed by atoms with Crippen molar-refractivity contribution in [3.8, 4) is 5.81 Å². The van der Waals surface area contributed by atoms with Crippen molar-refractivity contribution in [1.29, 1.82) is 5.26 Å². The largest absolute Gasteiger partial charge is 0.371 e. The molecule has 0 amide bonds. The molecule has 16 heavy (non-hydrogen) atoms. The van der Waals surface area contributed by atoms with Gasteiger partial charge in [-0.05, 0) is 6.42 Å². The van der Waals surface area contributed by atoms with E-state index in [1.54, 1.807) is 4.67 Å². The molecule has 0 bridgehead atoms. The zero-order valence-electron chi connectivity index (χ0n) is 10.6. The highest BCUT2D eigenvalue weighted by Gasteiger charge is 2.29. The molecule has 0 heterocycles. The molecule has 0 saturated carbocycles. The molecule has 0 radical (unpaired) electrons. The number of unbranched alkanes of at least 4 members (excludes halogenated alkanes) is 3. The number of rotatable bonds is 9. The molecule has 0 rings (SSSR count). The molecule has 0 aliphatic heterocycles. The van der Waals surface area contributed by atoms with Crippen molar-refractivity contribution in [1.82, 2.24) is 4.67 Å². The fourth-order valence-corrected chi connectivity index (χ4v) is 2.96. The van der Waals surface area contributed by atoms with Gasteiger partial charge in [-0.3, -0.25) is 4.57 Å². The summed E-state index contributed by atoms with van der Waals surface area (Å²) in [7, 11) is -3.22. The van der Waals surface area contributed by atoms with Crippen molar-refractivity contribution in [2.24, 2.45) is 0 Å². The molecule has 4 nitrogen and oxygen atoms in total. The molecule has 5 heteroatoms. The lowest BCUT2D eigenvalue weighted by atomic mass is 10.2. The molecule has 1 atom stereocenters. The van der Waals surface area contributed by atoms with Crippen molar-refractivity contribution in [2.75, 3.05) is 19.7 Å². The van der Waals surface area contributed by atoms with Crippen LogP contribution in [0.5, 0.6) is 0 Å². The van der Waals surface area contributed by atoms with Crippen LogP contribution in [0.4, 0.5) is 0 Å². The normalized spacial score (nSPS) is 14.7. The third-order valence-corrected chi connectivity index (χ3v) is 4.59. The van der Waals surface area contributed by atoms with E-state index < -0.39 is 7.52 Å². The highest BCUT2D eigenvalue weighted by atomic mass is 31.2. The second-order valence-corrected chi connectivity index (χ2v) is 5.72. The first-order valence-electron chi connectivity index (χ1n) is 6.05. The SMILES string of the molecule is CCCCCCOP(=O)(C#N)N(CC)CC. The Labute approximate surface area is 99.1 Å². The molecule has 1 unspecified atom stereocenters. The van der Waals surface area contributed by atoms with Crippen molar-refractivity contribution >= 4 is 7.52 Å². The zero-order valence-corrected chi connectivity index (χ0v) is 11.5. The molecule has 0 aromatic rings. The van der Waals surface area contributed by atoms with Crippen LogP contribution in [0.25, 0.3) is 0 Å². The number of hydrogen-bond donors (Lipinski definition) is 0. The fraction of sp³-hybridized carbons (Fsp3) is 0.909. The van der Waals surface area contributed by atoms with Gasteiger partial charge in [0.15, 0.2) is 5.81 Å². The van der Waals surface area contributed by atoms with E-state index in [0.29, 0.717) is 19.7 Å². The molecule has 0 aromatic carbocycles. The van der Waals surface area contributed by atoms with E-state index in [1.807, 2.05) is 19.7 Å². The second-order valence-electron chi connectivity index (χ2n) is 3.65. The molecule has 0 aromatic heterocycles. The third kappa shape index (κ3) is 5.12. The zero-order chi connectivity index (χ0) is 12.4. The number of nitriles is 1. The van der Waals surface area contributed by atoms with Crippen LogP contribution in [-0.2, 0) is 9.09 Å². The molecule has 94 valence electrons. The lowest BCUT2D eigenvalue weighted by molar-refractivity contribution is 0.266. The van der Waals surface area contributed by atoms with Crippen LogP contribution in [-0.4, -0.2) is 24.4 Å². The highest BCUT2D eigenvalue weighted by molar-refractivity contribution is 7.61. The standard InChI is InChI=1S/C11H23N2O2P/c1-4-7-8-9-10-15-16(14,11-12)13(5-2)6-3/h4-10H2,1-3H3. The van der Waals surface area contributed by atoms with E-state index in [-0.39, 0.29) is 0 Å². The summed E-state index contributed by atoms with van der Waals surface area (Å²) in [6, 6.07) is 0. The van der Waals surface area contributed by atoms with Crippen LogP contribution in [0.2, 0.25) is 0 Å². The van der Waals surface area contributed by atoms with Crippen molar-refractivity contribution in [3.05, 3.63) is 0 Å². The first-order valence-corrected chi connectivity index (χ1v) is 7.63. The Balaban J connectivity index is 4.08. The summed E-state index contributed by atoms with van der Waals surface area (Å²) in [5, 5.41) is 8.94. The minimum absolute atomic E-state index is 0.418. The number of nitrogens with zero attached hydrogens (tertiary/aromatic N) is 2. The smallest absolute Gasteiger partial charge is 0.307 e. The second kappa shape index (κ2) is 8.75. The van der Waals surface area contributed by atoms with Gasteiger partial charge in [-0.1, -0.05) is 40.0 Å². The Bertz CT molecular complexity index is 259. The Morgan fingerprint density at radius 3 is 2.25 bits per heavy atom. The van der Waals surface area contributed by atoms with E-state index in [4.69, 9.17) is 9.79 Å². The molecule has 0 spiro atoms. The van der Waals surface area contributed by atoms with Gasteiger partial charge in [0.2, 0.25) is 0 Å². The molecule has 0 aliphatic carbocycles. The van der Waals surface area contributed by atoms with Crippen LogP contribution in [0.15, 0.2) is 0 Å². The average molecular weight is 246 g/mol. The summed E-state index contributed by atoms with van der Waals surface area (Å²) in [5.41, 5.74) is 0. The molecule has 0 aliphatic rings. The van der Waals surface area contributed by atoms with Crippen LogP contribution < -0.4 is 0 Å². The van der Waals surface area contributed by atoms with Gasteiger partial charge in [0.05, 0.1) is 6.61 Å². The third-order valence-electron chi connectivity index (χ3n) is 2.49. The molecular formula is C11H23N2O2P. The Morgan fingerprint density at radius 2 is 1.81 bits per heavy atom. The topological polar surface area (TPSA) is 53.3 Å². The number of hydrogen-bond acceptors (Lipinski definition) is 3. The lowest BCUT2D eigenvalue weighted by Crippen LogP contribution is -2.20. The monoisotopic (exact) mass is 246 g/mol. The van der Waals surface area contributed by atoms with Gasteiger partial charge in [0, 0.05) is 13.1 Å². The molecule has 0 saturated heterocycles. The Kier molecular flexibility index (Phi) is 8.56. The van der Waals surface area contributed by atoms with Gasteiger partial charge in [0.25, 0.3) is 0 Å². The van der Waals surface area contributed by atoms with Crippen molar-refractivity contribution < 1.29 is 9.09 Å². The summed E-state index contributed by atoms with van der Waals surface area (Å²) in [6.07, 6.45) is 4.26. The first kappa shape index (κ1) is 15.6. The minimum Gasteiger partial charge on any atom is -0.307 e. The van der Waals surface area contributed by atoms with E-state index in [9.17, 15) is 4.57 Å². The van der Waals surface area contributed by atoms with E-state index in [0.717, 1.165) is 25.7 Å². The predicted octanol–water partition coefficient (Wildman–Crippen LogP) is 3.60. The van der Waals surface area contributed by atoms with E-state index >= 15 is 0 Å². The van der Waals surface area contributed by atoms with Crippen molar-refractivity contribution in [2.45, 2.75) is 46.5 Å². The summed E-state index contributed by atoms with van der Waals surface area (Å²) in [6.45, 7) is 7.48. The fourth-order valence-electron chi connectivity index (χ4n) is 1.49. The average Bonchev–Trinajstić information content (AvgIpc) is 2.30. The maximum atomic E-state index is 12.1. The Hall–Kier alpha value is -0.360. The summed E-state index contributed by atoms with van der Waals surface area (Å²) in [5.74, 6) is 1.83. The summed E-state index contributed by atoms with van der Waals surface area (Å²) < 4.78 is 19.0. The van der Waals surface area contributed by atoms with Gasteiger partial charge in [-0.25, -0.2) is 4.67 Å². The summed E-state index contributed by atoms with van der Waals surface area (Å²) >= 11 is 0. The van der Waals surface area contributed by atoms with Gasteiger partial charge >= 0.3 is 7.52 Å². The maximum absolute atomic E-state index is 12.1. The molecule has 0 fully saturated rings. The predicted molar refractivity (Wildman–Crippen MR) is 66.2 cm³/mol. The highest BCUT2D eigenvalue weighted by Crippen LogP contribution is 2.49. The van der Waals surface area contributed by atoms with Crippen LogP contribution in [0, 0.1) is 11.1 Å². The molecule has 0 N–H and O–H groups in total. The van der Waals surface area contributed by atoms with Gasteiger partial charge in [-0.15, -0.1) is 0 Å². The van der Waals surface area contributed by atoms with Crippen LogP contribution >= 0.6 is 7.52 Å². The quantitative estimate of drug-likeness (QED) is 0.460. The minimum atomic E-state index is -3.22. The molecular weight excluding hydrogens is 223 g/mol.